The summed E-state index contributed by atoms with van der Waals surface area (Å²) in [6, 6.07) is -0.864. The number of amides is 1. The number of allylic oxidation sites excluding steroid dienone is 5. The van der Waals surface area contributed by atoms with Crippen molar-refractivity contribution in [1.29, 1.82) is 0 Å². The predicted octanol–water partition coefficient (Wildman–Crippen LogP) is 27.1. The lowest BCUT2D eigenvalue weighted by Crippen LogP contribution is -2.45. The van der Waals surface area contributed by atoms with E-state index in [0.717, 1.165) is 38.5 Å². The first kappa shape index (κ1) is 90.7. The van der Waals surface area contributed by atoms with Crippen LogP contribution in [0.1, 0.15) is 438 Å². The van der Waals surface area contributed by atoms with E-state index in [9.17, 15) is 19.4 Å². The van der Waals surface area contributed by atoms with Crippen LogP contribution in [-0.4, -0.2) is 73.4 Å². The molecule has 0 bridgehead atoms. The maximum Gasteiger partial charge on any atom is 0.472 e. The Morgan fingerprint density at radius 2 is 0.598 bits per heavy atom. The van der Waals surface area contributed by atoms with Crippen molar-refractivity contribution >= 4 is 13.7 Å². The Kier molecular flexibility index (Phi) is 72.9. The summed E-state index contributed by atoms with van der Waals surface area (Å²) in [6.45, 7) is 4.87. The van der Waals surface area contributed by atoms with Gasteiger partial charge in [-0.15, -0.1) is 0 Å². The Morgan fingerprint density at radius 3 is 0.870 bits per heavy atom. The molecule has 0 aliphatic heterocycles. The molecule has 8 nitrogen and oxygen atoms in total. The van der Waals surface area contributed by atoms with E-state index in [1.54, 1.807) is 6.08 Å². The number of unbranched alkanes of at least 4 members (excludes halogenated alkanes) is 61. The van der Waals surface area contributed by atoms with Crippen LogP contribution < -0.4 is 5.32 Å². The van der Waals surface area contributed by atoms with Crippen molar-refractivity contribution < 1.29 is 32.9 Å². The quantitative estimate of drug-likeness (QED) is 0.0243. The predicted molar refractivity (Wildman–Crippen MR) is 406 cm³/mol. The summed E-state index contributed by atoms with van der Waals surface area (Å²) in [4.78, 5) is 23.5. The summed E-state index contributed by atoms with van der Waals surface area (Å²) in [7, 11) is 1.58. The molecule has 3 atom stereocenters. The number of likely N-dealkylation sites (N-methyl/N-ethyl adjacent to an activating group) is 1. The highest BCUT2D eigenvalue weighted by atomic mass is 31.2. The van der Waals surface area contributed by atoms with Gasteiger partial charge in [-0.25, -0.2) is 4.57 Å². The Hall–Kier alpha value is -1.28. The second kappa shape index (κ2) is 74.0. The zero-order valence-electron chi connectivity index (χ0n) is 62.8. The van der Waals surface area contributed by atoms with E-state index in [0.29, 0.717) is 17.4 Å². The molecule has 0 saturated carbocycles. The molecule has 0 saturated heterocycles. The lowest BCUT2D eigenvalue weighted by molar-refractivity contribution is -0.870. The minimum atomic E-state index is -4.36. The van der Waals surface area contributed by atoms with Crippen LogP contribution >= 0.6 is 7.82 Å². The number of hydrogen-bond acceptors (Lipinski definition) is 5. The fourth-order valence-electron chi connectivity index (χ4n) is 12.9. The third kappa shape index (κ3) is 76.1. The fraction of sp³-hybridized carbons (Fsp3) is 0.916. The third-order valence-corrected chi connectivity index (χ3v) is 20.3. The van der Waals surface area contributed by atoms with Gasteiger partial charge in [0.25, 0.3) is 0 Å². The minimum absolute atomic E-state index is 0.0587. The Morgan fingerprint density at radius 1 is 0.359 bits per heavy atom. The summed E-state index contributed by atoms with van der Waals surface area (Å²) in [6.07, 6.45) is 101. The van der Waals surface area contributed by atoms with Gasteiger partial charge in [0.1, 0.15) is 13.2 Å². The topological polar surface area (TPSA) is 105 Å². The van der Waals surface area contributed by atoms with Gasteiger partial charge in [-0.05, 0) is 57.8 Å². The molecule has 3 unspecified atom stereocenters. The summed E-state index contributed by atoms with van der Waals surface area (Å²) in [5.74, 6) is -0.177. The number of nitrogens with zero attached hydrogens (tertiary/aromatic N) is 1. The number of carbonyl (C=O) groups excluding carboxylic acids is 1. The van der Waals surface area contributed by atoms with Crippen molar-refractivity contribution in [2.45, 2.75) is 450 Å². The molecule has 546 valence electrons. The molecule has 0 aromatic rings. The van der Waals surface area contributed by atoms with Gasteiger partial charge in [0.05, 0.1) is 39.9 Å². The van der Waals surface area contributed by atoms with E-state index >= 15 is 0 Å². The normalized spacial score (nSPS) is 13.6. The average Bonchev–Trinajstić information content (AvgIpc) is 2.63. The highest BCUT2D eigenvalue weighted by Gasteiger charge is 2.28. The smallest absolute Gasteiger partial charge is 0.387 e. The second-order valence-electron chi connectivity index (χ2n) is 29.8. The number of aliphatic hydroxyl groups is 1. The Labute approximate surface area is 576 Å². The zero-order valence-corrected chi connectivity index (χ0v) is 63.7. The maximum absolute atomic E-state index is 13.1. The van der Waals surface area contributed by atoms with Crippen molar-refractivity contribution in [3.05, 3.63) is 36.5 Å². The molecule has 0 radical (unpaired) electrons. The van der Waals surface area contributed by atoms with Crippen molar-refractivity contribution in [2.75, 3.05) is 40.9 Å². The van der Waals surface area contributed by atoms with Gasteiger partial charge in [0.2, 0.25) is 5.91 Å². The van der Waals surface area contributed by atoms with Gasteiger partial charge in [0, 0.05) is 6.42 Å². The molecule has 0 aliphatic carbocycles. The Bertz CT molecular complexity index is 1600. The zero-order chi connectivity index (χ0) is 66.9. The summed E-state index contributed by atoms with van der Waals surface area (Å²) in [5.41, 5.74) is 0. The number of quaternary nitrogens is 1. The van der Waals surface area contributed by atoms with Gasteiger partial charge in [-0.2, -0.15) is 0 Å². The van der Waals surface area contributed by atoms with Gasteiger partial charge in [0.15, 0.2) is 0 Å². The van der Waals surface area contributed by atoms with E-state index in [1.807, 2.05) is 27.2 Å². The molecule has 0 rings (SSSR count). The molecule has 0 aromatic carbocycles. The largest absolute Gasteiger partial charge is 0.472 e. The summed E-state index contributed by atoms with van der Waals surface area (Å²) >= 11 is 0. The maximum atomic E-state index is 13.1. The molecule has 0 spiro atoms. The molecular formula is C83H164N2O6P+. The summed E-state index contributed by atoms with van der Waals surface area (Å²) in [5, 5.41) is 14.0. The van der Waals surface area contributed by atoms with Crippen LogP contribution in [0.4, 0.5) is 0 Å². The van der Waals surface area contributed by atoms with E-state index < -0.39 is 20.0 Å². The van der Waals surface area contributed by atoms with E-state index in [2.05, 4.69) is 43.5 Å². The van der Waals surface area contributed by atoms with Crippen LogP contribution in [0.25, 0.3) is 0 Å². The first-order valence-electron chi connectivity index (χ1n) is 41.4. The van der Waals surface area contributed by atoms with Crippen LogP contribution in [0.5, 0.6) is 0 Å². The number of nitrogens with one attached hydrogen (secondary N) is 1. The fourth-order valence-corrected chi connectivity index (χ4v) is 13.7. The van der Waals surface area contributed by atoms with Crippen molar-refractivity contribution in [2.24, 2.45) is 0 Å². The second-order valence-corrected chi connectivity index (χ2v) is 31.3. The number of carbonyl (C=O) groups is 1. The number of phosphoric ester groups is 1. The van der Waals surface area contributed by atoms with Crippen LogP contribution in [-0.2, 0) is 18.4 Å². The third-order valence-electron chi connectivity index (χ3n) is 19.3. The van der Waals surface area contributed by atoms with Crippen LogP contribution in [0.15, 0.2) is 36.5 Å². The molecule has 0 aliphatic rings. The molecule has 9 heteroatoms. The van der Waals surface area contributed by atoms with Crippen LogP contribution in [0.3, 0.4) is 0 Å². The number of phosphoric acid groups is 1. The molecule has 0 aromatic heterocycles. The van der Waals surface area contributed by atoms with Gasteiger partial charge in [-0.3, -0.25) is 13.8 Å². The molecule has 0 heterocycles. The van der Waals surface area contributed by atoms with Crippen molar-refractivity contribution in [3.8, 4) is 0 Å². The van der Waals surface area contributed by atoms with E-state index in [-0.39, 0.29) is 19.1 Å². The SMILES string of the molecule is CCCCCCCCCC/C=C\CCCCCCCCCCCCCCCCCCCCCCCCCCCCCCCC(=O)NC(COP(=O)(O)OCC[N+](C)(C)C)C(O)/C=C/CC/C=C/CCCCCCCCCCCCCCCCCCCCCCCCC. The number of rotatable bonds is 78. The lowest BCUT2D eigenvalue weighted by atomic mass is 10.0. The van der Waals surface area contributed by atoms with Gasteiger partial charge >= 0.3 is 7.82 Å². The first-order chi connectivity index (χ1) is 45.0. The lowest BCUT2D eigenvalue weighted by Gasteiger charge is -2.25. The molecule has 92 heavy (non-hydrogen) atoms. The van der Waals surface area contributed by atoms with E-state index in [1.165, 1.54) is 379 Å². The number of hydrogen-bond donors (Lipinski definition) is 3. The molecule has 0 fully saturated rings. The highest BCUT2D eigenvalue weighted by molar-refractivity contribution is 7.47. The highest BCUT2D eigenvalue weighted by Crippen LogP contribution is 2.43. The summed E-state index contributed by atoms with van der Waals surface area (Å²) < 4.78 is 23.9. The van der Waals surface area contributed by atoms with E-state index in [4.69, 9.17) is 9.05 Å². The van der Waals surface area contributed by atoms with Crippen LogP contribution in [0.2, 0.25) is 0 Å². The molecular weight excluding hydrogens is 1150 g/mol. The van der Waals surface area contributed by atoms with Crippen molar-refractivity contribution in [1.82, 2.24) is 5.32 Å². The average molecular weight is 1320 g/mol. The molecule has 3 N–H and O–H groups in total. The first-order valence-corrected chi connectivity index (χ1v) is 42.9. The minimum Gasteiger partial charge on any atom is -0.387 e. The Balaban J connectivity index is 3.92. The van der Waals surface area contributed by atoms with Crippen molar-refractivity contribution in [3.63, 3.8) is 0 Å². The molecule has 1 amide bonds. The number of aliphatic hydroxyl groups excluding tert-OH is 1. The standard InChI is InChI=1S/C83H163N2O6P/c1-6-8-10-12-14-16-18-20-22-24-26-28-30-32-34-36-37-38-39-40-41-42-43-44-45-46-47-49-51-53-55-57-59-61-63-65-67-69-71-73-75-77-83(87)84-81(80-91-92(88,89)90-79-78-85(3,4)5)82(86)76-74-72-70-68-66-64-62-60-58-56-54-52-50-48-35-33-31-29-27-25-23-21-19-17-15-13-11-9-7-2/h24,26,66,68,74,76,81-82,86H,6-23,25,27-65,67,69-73,75,77-80H2,1-5H3,(H-,84,87,88,89)/p+1/b26-24-,68-66+,76-74+. The van der Waals surface area contributed by atoms with Crippen LogP contribution in [0, 0.1) is 0 Å². The monoisotopic (exact) mass is 1320 g/mol. The van der Waals surface area contributed by atoms with Gasteiger partial charge < -0.3 is 19.8 Å². The van der Waals surface area contributed by atoms with Gasteiger partial charge in [-0.1, -0.05) is 410 Å².